The molecule has 2 fully saturated rings. The van der Waals surface area contributed by atoms with Crippen LogP contribution in [-0.4, -0.2) is 54.0 Å². The van der Waals surface area contributed by atoms with E-state index in [2.05, 4.69) is 26.6 Å². The van der Waals surface area contributed by atoms with Crippen molar-refractivity contribution in [3.63, 3.8) is 0 Å². The van der Waals surface area contributed by atoms with Gasteiger partial charge >= 0.3 is 6.03 Å². The second-order valence-corrected chi connectivity index (χ2v) is 5.72. The molecule has 3 amide bonds. The fraction of sp³-hybridized carbons (Fsp3) is 0.400. The highest BCUT2D eigenvalue weighted by atomic mass is 35.5. The molecule has 2 saturated heterocycles. The molecule has 0 saturated carbocycles. The zero-order chi connectivity index (χ0) is 15.8. The van der Waals surface area contributed by atoms with Crippen LogP contribution in [0.2, 0.25) is 0 Å². The number of aromatic nitrogens is 2. The molecule has 0 bridgehead atoms. The van der Waals surface area contributed by atoms with E-state index in [-0.39, 0.29) is 18.3 Å². The number of amides is 3. The average molecular weight is 351 g/mol. The molecule has 128 valence electrons. The summed E-state index contributed by atoms with van der Waals surface area (Å²) < 4.78 is 1.91. The van der Waals surface area contributed by atoms with E-state index in [9.17, 15) is 9.59 Å². The predicted octanol–water partition coefficient (Wildman–Crippen LogP) is 0.612. The van der Waals surface area contributed by atoms with Crippen LogP contribution in [0.1, 0.15) is 6.42 Å². The molecule has 0 aromatic carbocycles. The summed E-state index contributed by atoms with van der Waals surface area (Å²) in [4.78, 5) is 31.6. The number of carbonyl (C=O) groups excluding carboxylic acids is 2. The first-order chi connectivity index (χ1) is 11.2. The maximum absolute atomic E-state index is 12.1. The van der Waals surface area contributed by atoms with Gasteiger partial charge in [0.25, 0.3) is 0 Å². The van der Waals surface area contributed by atoms with E-state index in [0.29, 0.717) is 18.8 Å². The van der Waals surface area contributed by atoms with Crippen molar-refractivity contribution in [3.05, 3.63) is 24.5 Å². The van der Waals surface area contributed by atoms with Crippen molar-refractivity contribution in [1.82, 2.24) is 20.0 Å². The molecular formula is C15H19ClN6O2. The Morgan fingerprint density at radius 1 is 1.08 bits per heavy atom. The molecule has 0 atom stereocenters. The fourth-order valence-corrected chi connectivity index (χ4v) is 3.05. The quantitative estimate of drug-likeness (QED) is 0.829. The summed E-state index contributed by atoms with van der Waals surface area (Å²) in [5, 5.41) is 5.68. The van der Waals surface area contributed by atoms with E-state index < -0.39 is 6.03 Å². The summed E-state index contributed by atoms with van der Waals surface area (Å²) in [6.07, 6.45) is 3.98. The molecule has 0 spiro atoms. The number of imide groups is 1. The van der Waals surface area contributed by atoms with Crippen molar-refractivity contribution in [3.8, 4) is 0 Å². The normalized spacial score (nSPS) is 18.5. The summed E-state index contributed by atoms with van der Waals surface area (Å²) in [6.45, 7) is 4.20. The highest BCUT2D eigenvalue weighted by Crippen LogP contribution is 2.23. The second-order valence-electron chi connectivity index (χ2n) is 5.72. The van der Waals surface area contributed by atoms with Crippen molar-refractivity contribution < 1.29 is 9.59 Å². The number of anilines is 2. The number of urea groups is 1. The minimum absolute atomic E-state index is 0. The molecule has 24 heavy (non-hydrogen) atoms. The largest absolute Gasteiger partial charge is 0.368 e. The Balaban J connectivity index is 0.00000169. The van der Waals surface area contributed by atoms with Crippen LogP contribution in [0.4, 0.5) is 16.3 Å². The SMILES string of the molecule is Cl.O=C1CCN(c2cnc3ccc(N4CCNCC4)cn23)C(=O)N1. The highest BCUT2D eigenvalue weighted by molar-refractivity contribution is 6.05. The van der Waals surface area contributed by atoms with E-state index in [4.69, 9.17) is 0 Å². The predicted molar refractivity (Wildman–Crippen MR) is 93.0 cm³/mol. The van der Waals surface area contributed by atoms with Crippen LogP contribution >= 0.6 is 12.4 Å². The number of nitrogens with one attached hydrogen (secondary N) is 2. The second kappa shape index (κ2) is 6.66. The number of fused-ring (bicyclic) bond motifs is 1. The number of piperazine rings is 1. The number of halogens is 1. The maximum atomic E-state index is 12.1. The first-order valence-corrected chi connectivity index (χ1v) is 7.76. The Morgan fingerprint density at radius 2 is 1.88 bits per heavy atom. The van der Waals surface area contributed by atoms with E-state index in [0.717, 1.165) is 37.5 Å². The topological polar surface area (TPSA) is 82.0 Å². The molecule has 9 heteroatoms. The van der Waals surface area contributed by atoms with Crippen LogP contribution in [0.5, 0.6) is 0 Å². The van der Waals surface area contributed by atoms with Crippen LogP contribution in [0.25, 0.3) is 5.65 Å². The van der Waals surface area contributed by atoms with Gasteiger partial charge in [-0.1, -0.05) is 0 Å². The van der Waals surface area contributed by atoms with Crippen molar-refractivity contribution in [2.24, 2.45) is 0 Å². The minimum atomic E-state index is -0.393. The third-order valence-electron chi connectivity index (χ3n) is 4.28. The van der Waals surface area contributed by atoms with Crippen molar-refractivity contribution in [2.45, 2.75) is 6.42 Å². The molecule has 2 aromatic heterocycles. The molecule has 4 heterocycles. The Labute approximate surface area is 145 Å². The number of imidazole rings is 1. The first kappa shape index (κ1) is 16.5. The third-order valence-corrected chi connectivity index (χ3v) is 4.28. The molecule has 0 unspecified atom stereocenters. The lowest BCUT2D eigenvalue weighted by molar-refractivity contribution is -0.120. The van der Waals surface area contributed by atoms with E-state index >= 15 is 0 Å². The highest BCUT2D eigenvalue weighted by Gasteiger charge is 2.26. The standard InChI is InChI=1S/C15H18N6O2.ClH/c22-13-3-6-20(15(23)18-13)14-9-17-12-2-1-11(10-21(12)14)19-7-4-16-5-8-19;/h1-2,9-10,16H,3-8H2,(H,18,22,23);1H. The van der Waals surface area contributed by atoms with Crippen LogP contribution in [0, 0.1) is 0 Å². The summed E-state index contributed by atoms with van der Waals surface area (Å²) in [6, 6.07) is 3.61. The van der Waals surface area contributed by atoms with Crippen molar-refractivity contribution >= 4 is 41.5 Å². The lowest BCUT2D eigenvalue weighted by Crippen LogP contribution is -2.50. The fourth-order valence-electron chi connectivity index (χ4n) is 3.05. The summed E-state index contributed by atoms with van der Waals surface area (Å²) in [5.74, 6) is 0.448. The van der Waals surface area contributed by atoms with Gasteiger partial charge in [-0.05, 0) is 12.1 Å². The van der Waals surface area contributed by atoms with Gasteiger partial charge in [0, 0.05) is 45.3 Å². The lowest BCUT2D eigenvalue weighted by Gasteiger charge is -2.30. The molecule has 2 aromatic rings. The maximum Gasteiger partial charge on any atom is 0.329 e. The Bertz CT molecular complexity index is 770. The van der Waals surface area contributed by atoms with Crippen LogP contribution in [-0.2, 0) is 4.79 Å². The lowest BCUT2D eigenvalue weighted by atomic mass is 10.3. The van der Waals surface area contributed by atoms with Gasteiger partial charge < -0.3 is 10.2 Å². The van der Waals surface area contributed by atoms with Crippen molar-refractivity contribution in [2.75, 3.05) is 42.5 Å². The molecule has 2 aliphatic rings. The van der Waals surface area contributed by atoms with Gasteiger partial charge in [-0.25, -0.2) is 9.78 Å². The Hall–Kier alpha value is -2.32. The zero-order valence-corrected chi connectivity index (χ0v) is 13.9. The molecule has 4 rings (SSSR count). The minimum Gasteiger partial charge on any atom is -0.368 e. The zero-order valence-electron chi connectivity index (χ0n) is 13.1. The smallest absolute Gasteiger partial charge is 0.329 e. The molecule has 2 N–H and O–H groups in total. The molecule has 0 aliphatic carbocycles. The molecular weight excluding hydrogens is 332 g/mol. The van der Waals surface area contributed by atoms with Crippen LogP contribution < -0.4 is 20.4 Å². The molecule has 8 nitrogen and oxygen atoms in total. The number of carbonyl (C=O) groups is 2. The number of pyridine rings is 1. The van der Waals surface area contributed by atoms with E-state index in [1.165, 1.54) is 0 Å². The Kier molecular flexibility index (Phi) is 4.59. The number of nitrogens with zero attached hydrogens (tertiary/aromatic N) is 4. The number of hydrogen-bond acceptors (Lipinski definition) is 5. The van der Waals surface area contributed by atoms with Crippen molar-refractivity contribution in [1.29, 1.82) is 0 Å². The summed E-state index contributed by atoms with van der Waals surface area (Å²) in [5.41, 5.74) is 1.88. The van der Waals surface area contributed by atoms with Gasteiger partial charge in [0.15, 0.2) is 0 Å². The monoisotopic (exact) mass is 350 g/mol. The third kappa shape index (κ3) is 2.90. The van der Waals surface area contributed by atoms with E-state index in [1.807, 2.05) is 16.7 Å². The average Bonchev–Trinajstić information content (AvgIpc) is 2.99. The summed E-state index contributed by atoms with van der Waals surface area (Å²) >= 11 is 0. The van der Waals surface area contributed by atoms with Crippen LogP contribution in [0.15, 0.2) is 24.5 Å². The molecule has 0 radical (unpaired) electrons. The number of rotatable bonds is 2. The van der Waals surface area contributed by atoms with Gasteiger partial charge in [-0.15, -0.1) is 12.4 Å². The Morgan fingerprint density at radius 3 is 2.62 bits per heavy atom. The van der Waals surface area contributed by atoms with Gasteiger partial charge in [0.2, 0.25) is 5.91 Å². The molecule has 2 aliphatic heterocycles. The first-order valence-electron chi connectivity index (χ1n) is 7.76. The van der Waals surface area contributed by atoms with Gasteiger partial charge in [0.1, 0.15) is 11.5 Å². The van der Waals surface area contributed by atoms with Gasteiger partial charge in [-0.2, -0.15) is 0 Å². The van der Waals surface area contributed by atoms with Gasteiger partial charge in [0.05, 0.1) is 11.9 Å². The van der Waals surface area contributed by atoms with E-state index in [1.54, 1.807) is 11.1 Å². The number of hydrogen-bond donors (Lipinski definition) is 2. The van der Waals surface area contributed by atoms with Crippen LogP contribution in [0.3, 0.4) is 0 Å². The van der Waals surface area contributed by atoms with Gasteiger partial charge in [-0.3, -0.25) is 19.4 Å². The summed E-state index contributed by atoms with van der Waals surface area (Å²) in [7, 11) is 0.